The Morgan fingerprint density at radius 1 is 1.18 bits per heavy atom. The number of Topliss-reactive ketones (excluding diaryl/α,β-unsaturated/α-hetero) is 1. The summed E-state index contributed by atoms with van der Waals surface area (Å²) < 4.78 is 4.28. The van der Waals surface area contributed by atoms with Crippen molar-refractivity contribution < 1.29 is 4.79 Å². The topological polar surface area (TPSA) is 118 Å². The minimum absolute atomic E-state index is 0.0490. The Bertz CT molecular complexity index is 1300. The van der Waals surface area contributed by atoms with Crippen molar-refractivity contribution >= 4 is 23.4 Å². The molecule has 0 saturated heterocycles. The van der Waals surface area contributed by atoms with Gasteiger partial charge >= 0.3 is 5.69 Å². The molecule has 10 heteroatoms. The second-order valence-corrected chi connectivity index (χ2v) is 8.83. The molecule has 0 radical (unpaired) electrons. The number of benzene rings is 1. The van der Waals surface area contributed by atoms with E-state index in [1.54, 1.807) is 13.0 Å². The SMILES string of the molecule is C=CCn1c(SCC(=O)c2c(N)n(Cc3ccccc3)c(=O)n(CC)c2=O)nnc1C1CC1. The number of ketones is 1. The summed E-state index contributed by atoms with van der Waals surface area (Å²) in [6.07, 6.45) is 3.92. The first-order chi connectivity index (χ1) is 16.0. The zero-order valence-electron chi connectivity index (χ0n) is 18.4. The molecule has 172 valence electrons. The van der Waals surface area contributed by atoms with Gasteiger partial charge in [-0.1, -0.05) is 48.2 Å². The minimum Gasteiger partial charge on any atom is -0.384 e. The minimum atomic E-state index is -0.666. The van der Waals surface area contributed by atoms with Crippen LogP contribution in [0.25, 0.3) is 0 Å². The average molecular weight is 467 g/mol. The van der Waals surface area contributed by atoms with Gasteiger partial charge in [-0.2, -0.15) is 0 Å². The summed E-state index contributed by atoms with van der Waals surface area (Å²) in [7, 11) is 0. The van der Waals surface area contributed by atoms with Crippen LogP contribution in [0, 0.1) is 0 Å². The van der Waals surface area contributed by atoms with E-state index in [2.05, 4.69) is 16.8 Å². The molecule has 1 fully saturated rings. The Morgan fingerprint density at radius 3 is 2.55 bits per heavy atom. The van der Waals surface area contributed by atoms with Crippen molar-refractivity contribution in [3.05, 3.63) is 80.8 Å². The smallest absolute Gasteiger partial charge is 0.332 e. The Morgan fingerprint density at radius 2 is 1.91 bits per heavy atom. The molecule has 2 aromatic heterocycles. The number of hydrogen-bond acceptors (Lipinski definition) is 7. The van der Waals surface area contributed by atoms with Crippen molar-refractivity contribution in [2.24, 2.45) is 0 Å². The van der Waals surface area contributed by atoms with Crippen molar-refractivity contribution in [1.29, 1.82) is 0 Å². The molecule has 2 N–H and O–H groups in total. The molecule has 1 aromatic carbocycles. The van der Waals surface area contributed by atoms with Crippen LogP contribution in [0.3, 0.4) is 0 Å². The first kappa shape index (κ1) is 22.8. The van der Waals surface area contributed by atoms with E-state index in [0.29, 0.717) is 17.6 Å². The maximum absolute atomic E-state index is 13.2. The van der Waals surface area contributed by atoms with Crippen LogP contribution >= 0.6 is 11.8 Å². The van der Waals surface area contributed by atoms with E-state index in [1.807, 2.05) is 34.9 Å². The zero-order valence-corrected chi connectivity index (χ0v) is 19.3. The van der Waals surface area contributed by atoms with Gasteiger partial charge in [-0.25, -0.2) is 4.79 Å². The number of hydrogen-bond donors (Lipinski definition) is 1. The molecule has 33 heavy (non-hydrogen) atoms. The van der Waals surface area contributed by atoms with Gasteiger partial charge in [0.25, 0.3) is 5.56 Å². The predicted molar refractivity (Wildman–Crippen MR) is 128 cm³/mol. The first-order valence-corrected chi connectivity index (χ1v) is 11.8. The van der Waals surface area contributed by atoms with Crippen molar-refractivity contribution in [3.8, 4) is 0 Å². The fourth-order valence-corrected chi connectivity index (χ4v) is 4.56. The number of anilines is 1. The van der Waals surface area contributed by atoms with E-state index in [4.69, 9.17) is 5.73 Å². The Labute approximate surface area is 194 Å². The summed E-state index contributed by atoms with van der Waals surface area (Å²) >= 11 is 1.20. The molecule has 0 unspecified atom stereocenters. The summed E-state index contributed by atoms with van der Waals surface area (Å²) in [5.74, 6) is 0.681. The third-order valence-corrected chi connectivity index (χ3v) is 6.55. The van der Waals surface area contributed by atoms with Gasteiger partial charge in [0.15, 0.2) is 10.9 Å². The number of allylic oxidation sites excluding steroid dienone is 1. The third-order valence-electron chi connectivity index (χ3n) is 5.58. The summed E-state index contributed by atoms with van der Waals surface area (Å²) in [5, 5.41) is 9.11. The maximum atomic E-state index is 13.2. The number of carbonyl (C=O) groups is 1. The summed E-state index contributed by atoms with van der Waals surface area (Å²) in [5.41, 5.74) is 5.70. The largest absolute Gasteiger partial charge is 0.384 e. The van der Waals surface area contributed by atoms with Gasteiger partial charge in [-0.15, -0.1) is 16.8 Å². The Balaban J connectivity index is 1.65. The molecular weight excluding hydrogens is 440 g/mol. The number of thioether (sulfide) groups is 1. The van der Waals surface area contributed by atoms with Gasteiger partial charge in [0.05, 0.1) is 12.3 Å². The second kappa shape index (κ2) is 9.62. The van der Waals surface area contributed by atoms with E-state index in [-0.39, 0.29) is 30.2 Å². The van der Waals surface area contributed by atoms with Crippen molar-refractivity contribution in [2.45, 2.75) is 50.5 Å². The van der Waals surface area contributed by atoms with E-state index >= 15 is 0 Å². The Kier molecular flexibility index (Phi) is 6.64. The van der Waals surface area contributed by atoms with Gasteiger partial charge in [-0.05, 0) is 25.3 Å². The molecular formula is C23H26N6O3S. The summed E-state index contributed by atoms with van der Waals surface area (Å²) in [4.78, 5) is 39.0. The van der Waals surface area contributed by atoms with Gasteiger partial charge < -0.3 is 10.3 Å². The van der Waals surface area contributed by atoms with Crippen LogP contribution in [0.5, 0.6) is 0 Å². The highest BCUT2D eigenvalue weighted by atomic mass is 32.2. The van der Waals surface area contributed by atoms with Gasteiger partial charge in [0.2, 0.25) is 0 Å². The number of carbonyl (C=O) groups excluding carboxylic acids is 1. The number of nitrogens with zero attached hydrogens (tertiary/aromatic N) is 5. The number of nitrogen functional groups attached to an aromatic ring is 1. The molecule has 0 spiro atoms. The summed E-state index contributed by atoms with van der Waals surface area (Å²) in [6, 6.07) is 9.28. The molecule has 3 aromatic rings. The third kappa shape index (κ3) is 4.56. The lowest BCUT2D eigenvalue weighted by molar-refractivity contribution is 0.102. The van der Waals surface area contributed by atoms with Crippen LogP contribution in [-0.4, -0.2) is 35.4 Å². The highest BCUT2D eigenvalue weighted by molar-refractivity contribution is 7.99. The molecule has 1 aliphatic rings. The highest BCUT2D eigenvalue weighted by Gasteiger charge is 2.30. The van der Waals surface area contributed by atoms with Gasteiger partial charge in [-0.3, -0.25) is 18.7 Å². The first-order valence-electron chi connectivity index (χ1n) is 10.8. The summed E-state index contributed by atoms with van der Waals surface area (Å²) in [6.45, 7) is 6.32. The van der Waals surface area contributed by atoms with Crippen molar-refractivity contribution in [1.82, 2.24) is 23.9 Å². The number of aromatic nitrogens is 5. The molecule has 2 heterocycles. The van der Waals surface area contributed by atoms with E-state index < -0.39 is 17.0 Å². The fraction of sp³-hybridized carbons (Fsp3) is 0.348. The lowest BCUT2D eigenvalue weighted by Crippen LogP contribution is -2.44. The van der Waals surface area contributed by atoms with Gasteiger partial charge in [0.1, 0.15) is 17.2 Å². The van der Waals surface area contributed by atoms with Crippen LogP contribution in [0.4, 0.5) is 5.82 Å². The van der Waals surface area contributed by atoms with Crippen LogP contribution in [0.1, 0.15) is 47.4 Å². The van der Waals surface area contributed by atoms with Crippen molar-refractivity contribution in [3.63, 3.8) is 0 Å². The standard InChI is InChI=1S/C23H26N6O3S/c1-3-12-28-20(16-10-11-16)25-26-22(28)33-14-17(30)18-19(24)29(13-15-8-6-5-7-9-15)23(32)27(4-2)21(18)31/h3,5-9,16H,1,4,10-14,24H2,2H3. The highest BCUT2D eigenvalue weighted by Crippen LogP contribution is 2.40. The van der Waals surface area contributed by atoms with E-state index in [1.165, 1.54) is 16.3 Å². The fourth-order valence-electron chi connectivity index (χ4n) is 3.73. The van der Waals surface area contributed by atoms with E-state index in [0.717, 1.165) is 28.8 Å². The van der Waals surface area contributed by atoms with Crippen LogP contribution in [0.2, 0.25) is 0 Å². The predicted octanol–water partition coefficient (Wildman–Crippen LogP) is 2.29. The monoisotopic (exact) mass is 466 g/mol. The molecule has 9 nitrogen and oxygen atoms in total. The van der Waals surface area contributed by atoms with Gasteiger partial charge in [0, 0.05) is 19.0 Å². The van der Waals surface area contributed by atoms with Crippen LogP contribution < -0.4 is 17.0 Å². The zero-order chi connectivity index (χ0) is 23.5. The number of rotatable bonds is 10. The quantitative estimate of drug-likeness (QED) is 0.277. The molecule has 0 bridgehead atoms. The second-order valence-electron chi connectivity index (χ2n) is 7.89. The van der Waals surface area contributed by atoms with Crippen LogP contribution in [0.15, 0.2) is 57.7 Å². The molecule has 1 aliphatic carbocycles. The number of nitrogens with two attached hydrogens (primary N) is 1. The Hall–Kier alpha value is -3.40. The average Bonchev–Trinajstić information content (AvgIpc) is 3.58. The maximum Gasteiger partial charge on any atom is 0.332 e. The normalized spacial score (nSPS) is 13.2. The molecule has 1 saturated carbocycles. The van der Waals surface area contributed by atoms with Crippen LogP contribution in [-0.2, 0) is 19.6 Å². The molecule has 0 aliphatic heterocycles. The lowest BCUT2D eigenvalue weighted by atomic mass is 10.2. The lowest BCUT2D eigenvalue weighted by Gasteiger charge is -2.15. The molecule has 0 atom stereocenters. The molecule has 0 amide bonds. The molecule has 4 rings (SSSR count). The van der Waals surface area contributed by atoms with Crippen molar-refractivity contribution in [2.75, 3.05) is 11.5 Å². The van der Waals surface area contributed by atoms with E-state index in [9.17, 15) is 14.4 Å².